The van der Waals surface area contributed by atoms with Crippen LogP contribution in [-0.2, 0) is 4.74 Å². The fourth-order valence-corrected chi connectivity index (χ4v) is 1.45. The zero-order chi connectivity index (χ0) is 10.6. The van der Waals surface area contributed by atoms with Gasteiger partial charge in [-0.25, -0.2) is 0 Å². The van der Waals surface area contributed by atoms with Crippen LogP contribution in [0.3, 0.4) is 0 Å². The molecule has 1 aromatic carbocycles. The summed E-state index contributed by atoms with van der Waals surface area (Å²) in [5.74, 6) is 0.128. The Morgan fingerprint density at radius 2 is 1.86 bits per heavy atom. The average molecular weight is 194 g/mol. The van der Waals surface area contributed by atoms with Crippen molar-refractivity contribution in [2.75, 3.05) is 13.7 Å². The van der Waals surface area contributed by atoms with E-state index in [1.54, 1.807) is 7.11 Å². The molecule has 0 aliphatic rings. The van der Waals surface area contributed by atoms with Gasteiger partial charge in [-0.3, -0.25) is 0 Å². The summed E-state index contributed by atoms with van der Waals surface area (Å²) < 4.78 is 5.01. The van der Waals surface area contributed by atoms with Crippen LogP contribution in [0.5, 0.6) is 0 Å². The minimum Gasteiger partial charge on any atom is -0.388 e. The van der Waals surface area contributed by atoms with Crippen LogP contribution in [0.4, 0.5) is 0 Å². The zero-order valence-electron chi connectivity index (χ0n) is 9.03. The van der Waals surface area contributed by atoms with E-state index in [9.17, 15) is 5.11 Å². The summed E-state index contributed by atoms with van der Waals surface area (Å²) in [5, 5.41) is 9.93. The first kappa shape index (κ1) is 11.2. The van der Waals surface area contributed by atoms with Crippen LogP contribution in [0.2, 0.25) is 0 Å². The van der Waals surface area contributed by atoms with Crippen LogP contribution in [0.1, 0.15) is 24.2 Å². The van der Waals surface area contributed by atoms with Gasteiger partial charge in [0.1, 0.15) is 0 Å². The molecule has 0 aromatic heterocycles. The lowest BCUT2D eigenvalue weighted by Gasteiger charge is -2.18. The summed E-state index contributed by atoms with van der Waals surface area (Å²) in [6.07, 6.45) is -0.435. The number of hydrogen-bond donors (Lipinski definition) is 1. The molecule has 0 spiro atoms. The fourth-order valence-electron chi connectivity index (χ4n) is 1.45. The Balaban J connectivity index is 2.68. The van der Waals surface area contributed by atoms with E-state index in [0.717, 1.165) is 5.56 Å². The molecule has 0 radical (unpaired) electrons. The van der Waals surface area contributed by atoms with Crippen LogP contribution in [0, 0.1) is 12.8 Å². The lowest BCUT2D eigenvalue weighted by molar-refractivity contribution is 0.0566. The third-order valence-electron chi connectivity index (χ3n) is 2.39. The molecule has 2 unspecified atom stereocenters. The standard InChI is InChI=1S/C12H18O2/c1-9-4-6-11(7-5-9)12(13)10(2)8-14-3/h4-7,10,12-13H,8H2,1-3H3. The Morgan fingerprint density at radius 1 is 1.29 bits per heavy atom. The van der Waals surface area contributed by atoms with E-state index in [0.29, 0.717) is 6.61 Å². The zero-order valence-corrected chi connectivity index (χ0v) is 9.03. The largest absolute Gasteiger partial charge is 0.388 e. The van der Waals surface area contributed by atoms with Gasteiger partial charge in [0.2, 0.25) is 0 Å². The van der Waals surface area contributed by atoms with Crippen LogP contribution in [-0.4, -0.2) is 18.8 Å². The Kier molecular flexibility index (Phi) is 4.11. The molecule has 1 rings (SSSR count). The normalized spacial score (nSPS) is 15.1. The van der Waals surface area contributed by atoms with E-state index >= 15 is 0 Å². The molecule has 0 fully saturated rings. The molecule has 2 heteroatoms. The Bertz CT molecular complexity index is 266. The SMILES string of the molecule is COCC(C)C(O)c1ccc(C)cc1. The van der Waals surface area contributed by atoms with Gasteiger partial charge < -0.3 is 9.84 Å². The molecule has 0 aliphatic carbocycles. The van der Waals surface area contributed by atoms with E-state index in [4.69, 9.17) is 4.74 Å². The average Bonchev–Trinajstić information content (AvgIpc) is 2.18. The van der Waals surface area contributed by atoms with Gasteiger partial charge >= 0.3 is 0 Å². The first-order chi connectivity index (χ1) is 6.65. The number of aliphatic hydroxyl groups is 1. The monoisotopic (exact) mass is 194 g/mol. The van der Waals surface area contributed by atoms with Crippen LogP contribution in [0.15, 0.2) is 24.3 Å². The summed E-state index contributed by atoms with van der Waals surface area (Å²) in [6, 6.07) is 7.95. The van der Waals surface area contributed by atoms with Gasteiger partial charge in [-0.15, -0.1) is 0 Å². The topological polar surface area (TPSA) is 29.5 Å². The highest BCUT2D eigenvalue weighted by atomic mass is 16.5. The molecular weight excluding hydrogens is 176 g/mol. The van der Waals surface area contributed by atoms with Crippen molar-refractivity contribution >= 4 is 0 Å². The van der Waals surface area contributed by atoms with Crippen LogP contribution in [0.25, 0.3) is 0 Å². The quantitative estimate of drug-likeness (QED) is 0.797. The number of methoxy groups -OCH3 is 1. The molecule has 1 N–H and O–H groups in total. The molecule has 1 aromatic rings. The molecular formula is C12H18O2. The van der Waals surface area contributed by atoms with Gasteiger partial charge in [-0.05, 0) is 12.5 Å². The summed E-state index contributed by atoms with van der Waals surface area (Å²) in [7, 11) is 1.65. The molecule has 0 aliphatic heterocycles. The summed E-state index contributed by atoms with van der Waals surface area (Å²) in [4.78, 5) is 0. The minimum absolute atomic E-state index is 0.128. The van der Waals surface area contributed by atoms with Crippen molar-refractivity contribution in [3.05, 3.63) is 35.4 Å². The second-order valence-electron chi connectivity index (χ2n) is 3.79. The number of hydrogen-bond acceptors (Lipinski definition) is 2. The number of rotatable bonds is 4. The van der Waals surface area contributed by atoms with E-state index in [2.05, 4.69) is 0 Å². The third-order valence-corrected chi connectivity index (χ3v) is 2.39. The van der Waals surface area contributed by atoms with E-state index in [-0.39, 0.29) is 5.92 Å². The van der Waals surface area contributed by atoms with Gasteiger partial charge in [-0.1, -0.05) is 36.8 Å². The van der Waals surface area contributed by atoms with E-state index < -0.39 is 6.10 Å². The Morgan fingerprint density at radius 3 is 2.36 bits per heavy atom. The molecule has 2 atom stereocenters. The van der Waals surface area contributed by atoms with Crippen molar-refractivity contribution in [3.63, 3.8) is 0 Å². The van der Waals surface area contributed by atoms with Crippen molar-refractivity contribution in [2.45, 2.75) is 20.0 Å². The van der Waals surface area contributed by atoms with Crippen molar-refractivity contribution in [3.8, 4) is 0 Å². The lowest BCUT2D eigenvalue weighted by atomic mass is 9.97. The van der Waals surface area contributed by atoms with Crippen LogP contribution < -0.4 is 0 Å². The number of aliphatic hydroxyl groups excluding tert-OH is 1. The molecule has 0 saturated heterocycles. The maximum atomic E-state index is 9.93. The highest BCUT2D eigenvalue weighted by Crippen LogP contribution is 2.21. The minimum atomic E-state index is -0.435. The fraction of sp³-hybridized carbons (Fsp3) is 0.500. The maximum absolute atomic E-state index is 9.93. The van der Waals surface area contributed by atoms with Gasteiger partial charge in [0.15, 0.2) is 0 Å². The predicted molar refractivity (Wildman–Crippen MR) is 57.2 cm³/mol. The van der Waals surface area contributed by atoms with E-state index in [1.165, 1.54) is 5.56 Å². The summed E-state index contributed by atoms with van der Waals surface area (Å²) in [6.45, 7) is 4.60. The Hall–Kier alpha value is -0.860. The van der Waals surface area contributed by atoms with Crippen molar-refractivity contribution < 1.29 is 9.84 Å². The highest BCUT2D eigenvalue weighted by molar-refractivity contribution is 5.23. The van der Waals surface area contributed by atoms with Gasteiger partial charge in [0.05, 0.1) is 12.7 Å². The smallest absolute Gasteiger partial charge is 0.0837 e. The van der Waals surface area contributed by atoms with Gasteiger partial charge in [-0.2, -0.15) is 0 Å². The second kappa shape index (κ2) is 5.13. The predicted octanol–water partition coefficient (Wildman–Crippen LogP) is 2.31. The third kappa shape index (κ3) is 2.82. The highest BCUT2D eigenvalue weighted by Gasteiger charge is 2.15. The second-order valence-corrected chi connectivity index (χ2v) is 3.79. The van der Waals surface area contributed by atoms with Crippen LogP contribution >= 0.6 is 0 Å². The molecule has 78 valence electrons. The molecule has 0 amide bonds. The molecule has 14 heavy (non-hydrogen) atoms. The number of benzene rings is 1. The molecule has 0 bridgehead atoms. The Labute approximate surface area is 85.5 Å². The first-order valence-electron chi connectivity index (χ1n) is 4.88. The van der Waals surface area contributed by atoms with Crippen molar-refractivity contribution in [2.24, 2.45) is 5.92 Å². The van der Waals surface area contributed by atoms with Gasteiger partial charge in [0, 0.05) is 13.0 Å². The van der Waals surface area contributed by atoms with Crippen molar-refractivity contribution in [1.82, 2.24) is 0 Å². The molecule has 2 nitrogen and oxygen atoms in total. The van der Waals surface area contributed by atoms with Gasteiger partial charge in [0.25, 0.3) is 0 Å². The van der Waals surface area contributed by atoms with Crippen molar-refractivity contribution in [1.29, 1.82) is 0 Å². The maximum Gasteiger partial charge on any atom is 0.0837 e. The number of ether oxygens (including phenoxy) is 1. The molecule has 0 heterocycles. The lowest BCUT2D eigenvalue weighted by Crippen LogP contribution is -2.14. The first-order valence-corrected chi connectivity index (χ1v) is 4.88. The summed E-state index contributed by atoms with van der Waals surface area (Å²) >= 11 is 0. The molecule has 0 saturated carbocycles. The summed E-state index contributed by atoms with van der Waals surface area (Å²) in [5.41, 5.74) is 2.17. The number of aryl methyl sites for hydroxylation is 1. The van der Waals surface area contributed by atoms with E-state index in [1.807, 2.05) is 38.1 Å².